The Hall–Kier alpha value is -3.53. The molecular formula is C25H25F2N7O. The van der Waals surface area contributed by atoms with Crippen LogP contribution in [0.25, 0.3) is 22.4 Å². The molecule has 8 nitrogen and oxygen atoms in total. The van der Waals surface area contributed by atoms with Gasteiger partial charge in [-0.15, -0.1) is 0 Å². The van der Waals surface area contributed by atoms with Gasteiger partial charge in [-0.3, -0.25) is 4.68 Å². The van der Waals surface area contributed by atoms with Crippen molar-refractivity contribution in [3.8, 4) is 11.3 Å². The van der Waals surface area contributed by atoms with E-state index in [0.717, 1.165) is 30.2 Å². The SMILES string of the molecule is Cc1nc2nc(N3C[C@H](c4cnn(C)c4)O[C@@H](C4CC4)C3)nc(-c3ccc(F)cc3F)c2nc1C. The van der Waals surface area contributed by atoms with E-state index in [2.05, 4.69) is 20.0 Å². The fraction of sp³-hybridized carbons (Fsp3) is 0.400. The van der Waals surface area contributed by atoms with Crippen molar-refractivity contribution < 1.29 is 13.5 Å². The molecule has 180 valence electrons. The monoisotopic (exact) mass is 477 g/mol. The second-order valence-electron chi connectivity index (χ2n) is 9.42. The predicted molar refractivity (Wildman–Crippen MR) is 126 cm³/mol. The highest BCUT2D eigenvalue weighted by molar-refractivity contribution is 5.88. The quantitative estimate of drug-likeness (QED) is 0.438. The van der Waals surface area contributed by atoms with Crippen molar-refractivity contribution in [3.05, 3.63) is 59.2 Å². The maximum absolute atomic E-state index is 14.9. The molecule has 35 heavy (non-hydrogen) atoms. The zero-order valence-corrected chi connectivity index (χ0v) is 19.7. The molecule has 1 saturated heterocycles. The number of rotatable bonds is 4. The number of hydrogen-bond donors (Lipinski definition) is 0. The molecule has 6 rings (SSSR count). The van der Waals surface area contributed by atoms with Gasteiger partial charge in [0.25, 0.3) is 0 Å². The third kappa shape index (κ3) is 4.12. The molecule has 2 aliphatic rings. The fourth-order valence-corrected chi connectivity index (χ4v) is 4.58. The van der Waals surface area contributed by atoms with E-state index < -0.39 is 11.6 Å². The van der Waals surface area contributed by atoms with Crippen molar-refractivity contribution in [3.63, 3.8) is 0 Å². The normalized spacial score (nSPS) is 20.5. The van der Waals surface area contributed by atoms with Crippen LogP contribution in [0.4, 0.5) is 14.7 Å². The zero-order chi connectivity index (χ0) is 24.3. The molecule has 2 atom stereocenters. The number of ether oxygens (including phenoxy) is 1. The summed E-state index contributed by atoms with van der Waals surface area (Å²) in [5.41, 5.74) is 3.65. The molecule has 0 spiro atoms. The minimum Gasteiger partial charge on any atom is -0.366 e. The van der Waals surface area contributed by atoms with Crippen LogP contribution in [0.2, 0.25) is 0 Å². The molecule has 10 heteroatoms. The number of aromatic nitrogens is 6. The number of anilines is 1. The second kappa shape index (κ2) is 8.30. The lowest BCUT2D eigenvalue weighted by molar-refractivity contribution is -0.0389. The standard InChI is InChI=1S/C25H25F2N7O/c1-13-14(2)30-24-23(29-13)22(18-7-6-17(26)8-19(18)27)31-25(32-24)34-11-20(15-4-5-15)35-21(12-34)16-9-28-33(3)10-16/h6-10,15,20-21H,4-5,11-12H2,1-3H3/t20-,21-/m1/s1. The Balaban J connectivity index is 1.48. The van der Waals surface area contributed by atoms with E-state index in [-0.39, 0.29) is 17.8 Å². The van der Waals surface area contributed by atoms with Crippen LogP contribution in [-0.4, -0.2) is 48.9 Å². The van der Waals surface area contributed by atoms with E-state index in [1.54, 1.807) is 4.68 Å². The second-order valence-corrected chi connectivity index (χ2v) is 9.42. The molecule has 1 saturated carbocycles. The van der Waals surface area contributed by atoms with E-state index in [1.165, 1.54) is 12.1 Å². The summed E-state index contributed by atoms with van der Waals surface area (Å²) in [6.45, 7) is 4.83. The summed E-state index contributed by atoms with van der Waals surface area (Å²) in [4.78, 5) is 20.8. The van der Waals surface area contributed by atoms with Crippen LogP contribution in [0.1, 0.15) is 35.9 Å². The van der Waals surface area contributed by atoms with Crippen molar-refractivity contribution in [2.75, 3.05) is 18.0 Å². The number of halogens is 2. The van der Waals surface area contributed by atoms with Crippen LogP contribution in [0.3, 0.4) is 0 Å². The average Bonchev–Trinajstić information content (AvgIpc) is 3.59. The predicted octanol–water partition coefficient (Wildman–Crippen LogP) is 4.07. The number of morpholine rings is 1. The molecule has 0 amide bonds. The number of benzene rings is 1. The molecule has 0 N–H and O–H groups in total. The third-order valence-corrected chi connectivity index (χ3v) is 6.77. The van der Waals surface area contributed by atoms with Gasteiger partial charge in [-0.2, -0.15) is 10.1 Å². The lowest BCUT2D eigenvalue weighted by atomic mass is 10.1. The van der Waals surface area contributed by atoms with Crippen molar-refractivity contribution in [1.82, 2.24) is 29.7 Å². The highest BCUT2D eigenvalue weighted by Gasteiger charge is 2.40. The summed E-state index contributed by atoms with van der Waals surface area (Å²) in [5.74, 6) is -0.433. The first-order valence-corrected chi connectivity index (χ1v) is 11.7. The van der Waals surface area contributed by atoms with Gasteiger partial charge in [0.2, 0.25) is 5.95 Å². The van der Waals surface area contributed by atoms with Gasteiger partial charge in [-0.05, 0) is 44.7 Å². The molecule has 0 unspecified atom stereocenters. The van der Waals surface area contributed by atoms with Gasteiger partial charge < -0.3 is 9.64 Å². The van der Waals surface area contributed by atoms with Crippen LogP contribution < -0.4 is 4.90 Å². The minimum absolute atomic E-state index is 0.0325. The third-order valence-electron chi connectivity index (χ3n) is 6.77. The molecular weight excluding hydrogens is 452 g/mol. The van der Waals surface area contributed by atoms with Crippen LogP contribution in [0.15, 0.2) is 30.6 Å². The topological polar surface area (TPSA) is 81.9 Å². The Morgan fingerprint density at radius 3 is 2.51 bits per heavy atom. The minimum atomic E-state index is -0.706. The molecule has 1 aromatic carbocycles. The summed E-state index contributed by atoms with van der Waals surface area (Å²) in [7, 11) is 1.88. The van der Waals surface area contributed by atoms with Gasteiger partial charge in [-0.1, -0.05) is 0 Å². The summed E-state index contributed by atoms with van der Waals surface area (Å²) in [5, 5.41) is 4.30. The number of hydrogen-bond acceptors (Lipinski definition) is 7. The maximum atomic E-state index is 14.9. The molecule has 1 aliphatic carbocycles. The Morgan fingerprint density at radius 2 is 1.80 bits per heavy atom. The van der Waals surface area contributed by atoms with Gasteiger partial charge >= 0.3 is 0 Å². The highest BCUT2D eigenvalue weighted by Crippen LogP contribution is 2.40. The highest BCUT2D eigenvalue weighted by atomic mass is 19.1. The zero-order valence-electron chi connectivity index (χ0n) is 19.7. The molecule has 2 fully saturated rings. The largest absolute Gasteiger partial charge is 0.366 e. The van der Waals surface area contributed by atoms with E-state index in [9.17, 15) is 8.78 Å². The van der Waals surface area contributed by atoms with Crippen LogP contribution in [0.5, 0.6) is 0 Å². The van der Waals surface area contributed by atoms with Crippen LogP contribution in [0, 0.1) is 31.4 Å². The molecule has 1 aliphatic heterocycles. The van der Waals surface area contributed by atoms with Crippen LogP contribution >= 0.6 is 0 Å². The van der Waals surface area contributed by atoms with Gasteiger partial charge in [0.15, 0.2) is 5.65 Å². The smallest absolute Gasteiger partial charge is 0.228 e. The van der Waals surface area contributed by atoms with Crippen molar-refractivity contribution in [1.29, 1.82) is 0 Å². The molecule has 4 heterocycles. The van der Waals surface area contributed by atoms with Crippen molar-refractivity contribution >= 4 is 17.1 Å². The van der Waals surface area contributed by atoms with Crippen molar-refractivity contribution in [2.24, 2.45) is 13.0 Å². The lowest BCUT2D eigenvalue weighted by Crippen LogP contribution is -2.45. The van der Waals surface area contributed by atoms with Gasteiger partial charge in [-0.25, -0.2) is 23.7 Å². The Labute approximate surface area is 201 Å². The van der Waals surface area contributed by atoms with Gasteiger partial charge in [0.1, 0.15) is 28.9 Å². The number of aryl methyl sites for hydroxylation is 3. The van der Waals surface area contributed by atoms with Gasteiger partial charge in [0, 0.05) is 37.0 Å². The summed E-state index contributed by atoms with van der Waals surface area (Å²) >= 11 is 0. The van der Waals surface area contributed by atoms with Crippen molar-refractivity contribution in [2.45, 2.75) is 38.9 Å². The number of nitrogens with zero attached hydrogens (tertiary/aromatic N) is 7. The summed E-state index contributed by atoms with van der Waals surface area (Å²) < 4.78 is 36.8. The average molecular weight is 478 g/mol. The van der Waals surface area contributed by atoms with E-state index in [0.29, 0.717) is 47.5 Å². The first kappa shape index (κ1) is 22.0. The Bertz CT molecular complexity index is 1440. The molecule has 3 aromatic heterocycles. The summed E-state index contributed by atoms with van der Waals surface area (Å²) in [6, 6.07) is 3.46. The van der Waals surface area contributed by atoms with E-state index in [1.807, 2.05) is 33.3 Å². The fourth-order valence-electron chi connectivity index (χ4n) is 4.58. The Kier molecular flexibility index (Phi) is 5.21. The van der Waals surface area contributed by atoms with Gasteiger partial charge in [0.05, 0.1) is 30.2 Å². The van der Waals surface area contributed by atoms with Crippen LogP contribution in [-0.2, 0) is 11.8 Å². The first-order valence-electron chi connectivity index (χ1n) is 11.7. The maximum Gasteiger partial charge on any atom is 0.228 e. The molecule has 0 radical (unpaired) electrons. The van der Waals surface area contributed by atoms with E-state index in [4.69, 9.17) is 14.7 Å². The lowest BCUT2D eigenvalue weighted by Gasteiger charge is -2.38. The molecule has 0 bridgehead atoms. The molecule has 4 aromatic rings. The first-order chi connectivity index (χ1) is 16.9. The number of fused-ring (bicyclic) bond motifs is 1. The van der Waals surface area contributed by atoms with E-state index >= 15 is 0 Å². The Morgan fingerprint density at radius 1 is 1.00 bits per heavy atom. The summed E-state index contributed by atoms with van der Waals surface area (Å²) in [6.07, 6.45) is 5.87.